The molecule has 0 saturated carbocycles. The van der Waals surface area contributed by atoms with Gasteiger partial charge in [-0.25, -0.2) is 0 Å². The molecule has 6 nitrogen and oxygen atoms in total. The number of nitrogens with zero attached hydrogens (tertiary/aromatic N) is 3. The van der Waals surface area contributed by atoms with E-state index in [0.717, 1.165) is 43.2 Å². The van der Waals surface area contributed by atoms with Crippen LogP contribution in [0, 0.1) is 0 Å². The molecule has 0 radical (unpaired) electrons. The fourth-order valence-electron chi connectivity index (χ4n) is 3.64. The van der Waals surface area contributed by atoms with Crippen molar-refractivity contribution in [2.45, 2.75) is 40.5 Å². The normalized spacial score (nSPS) is 9.83. The molecule has 36 heavy (non-hydrogen) atoms. The fourth-order valence-corrected chi connectivity index (χ4v) is 3.64. The SMILES string of the molecule is CCCN(CCC)c1ccc(N)cc1.CCN(CC)c1ccc(N)cc1.CN(C)c1ccc(N)cc1. The number of benzene rings is 3. The van der Waals surface area contributed by atoms with E-state index in [1.165, 1.54) is 29.9 Å². The van der Waals surface area contributed by atoms with E-state index >= 15 is 0 Å². The molecule has 0 aliphatic carbocycles. The Morgan fingerprint density at radius 2 is 0.778 bits per heavy atom. The molecule has 3 aromatic carbocycles. The van der Waals surface area contributed by atoms with E-state index in [1.54, 1.807) is 0 Å². The lowest BCUT2D eigenvalue weighted by Crippen LogP contribution is -2.24. The minimum atomic E-state index is 0.811. The van der Waals surface area contributed by atoms with Crippen molar-refractivity contribution < 1.29 is 0 Å². The van der Waals surface area contributed by atoms with Crippen molar-refractivity contribution in [3.63, 3.8) is 0 Å². The fraction of sp³-hybridized carbons (Fsp3) is 0.400. The molecule has 0 atom stereocenters. The van der Waals surface area contributed by atoms with Crippen LogP contribution in [0.1, 0.15) is 40.5 Å². The Kier molecular flexibility index (Phi) is 14.4. The van der Waals surface area contributed by atoms with Crippen LogP contribution in [0.4, 0.5) is 34.1 Å². The standard InChI is InChI=1S/C12H20N2.C10H16N2.C8H12N2/c1-3-9-14(10-4-2)12-7-5-11(13)6-8-12;1-3-12(4-2)10-7-5-9(11)6-8-10;1-10(2)8-5-3-7(9)4-6-8/h5-8H,3-4,9-10,13H2,1-2H3;5-8H,3-4,11H2,1-2H3;3-6H,9H2,1-2H3. The van der Waals surface area contributed by atoms with Crippen molar-refractivity contribution in [1.82, 2.24) is 0 Å². The van der Waals surface area contributed by atoms with Gasteiger partial charge >= 0.3 is 0 Å². The van der Waals surface area contributed by atoms with Gasteiger partial charge in [-0.1, -0.05) is 13.8 Å². The summed E-state index contributed by atoms with van der Waals surface area (Å²) in [6.45, 7) is 13.1. The zero-order chi connectivity index (χ0) is 26.9. The summed E-state index contributed by atoms with van der Waals surface area (Å²) in [7, 11) is 4.01. The summed E-state index contributed by atoms with van der Waals surface area (Å²) in [6.07, 6.45) is 2.37. The maximum atomic E-state index is 5.66. The molecule has 0 aliphatic heterocycles. The number of rotatable bonds is 9. The Morgan fingerprint density at radius 3 is 1.06 bits per heavy atom. The third-order valence-electron chi connectivity index (χ3n) is 5.68. The lowest BCUT2D eigenvalue weighted by molar-refractivity contribution is 0.745. The van der Waals surface area contributed by atoms with Crippen LogP contribution in [0.3, 0.4) is 0 Å². The minimum Gasteiger partial charge on any atom is -0.399 e. The predicted molar refractivity (Wildman–Crippen MR) is 163 cm³/mol. The van der Waals surface area contributed by atoms with Crippen molar-refractivity contribution in [3.05, 3.63) is 72.8 Å². The first-order chi connectivity index (χ1) is 17.2. The van der Waals surface area contributed by atoms with Gasteiger partial charge in [0.2, 0.25) is 0 Å². The zero-order valence-corrected chi connectivity index (χ0v) is 23.2. The zero-order valence-electron chi connectivity index (χ0n) is 23.2. The van der Waals surface area contributed by atoms with E-state index in [2.05, 4.69) is 61.8 Å². The molecule has 3 aromatic rings. The molecule has 0 saturated heterocycles. The third-order valence-corrected chi connectivity index (χ3v) is 5.68. The molecule has 0 aliphatic rings. The summed E-state index contributed by atoms with van der Waals surface area (Å²) in [5.41, 5.74) is 22.9. The van der Waals surface area contributed by atoms with Gasteiger partial charge in [-0.15, -0.1) is 0 Å². The molecule has 0 fully saturated rings. The van der Waals surface area contributed by atoms with E-state index < -0.39 is 0 Å². The topological polar surface area (TPSA) is 87.8 Å². The van der Waals surface area contributed by atoms with Crippen molar-refractivity contribution >= 4 is 34.1 Å². The van der Waals surface area contributed by atoms with Gasteiger partial charge in [-0.05, 0) is 99.5 Å². The Bertz CT molecular complexity index is 927. The van der Waals surface area contributed by atoms with Crippen LogP contribution in [0.2, 0.25) is 0 Å². The summed E-state index contributed by atoms with van der Waals surface area (Å²) in [4.78, 5) is 6.73. The minimum absolute atomic E-state index is 0.811. The van der Waals surface area contributed by atoms with Crippen LogP contribution in [0.15, 0.2) is 72.8 Å². The summed E-state index contributed by atoms with van der Waals surface area (Å²) < 4.78 is 0. The first-order valence-electron chi connectivity index (χ1n) is 13.0. The summed E-state index contributed by atoms with van der Waals surface area (Å²) in [6, 6.07) is 23.9. The Labute approximate surface area is 219 Å². The highest BCUT2D eigenvalue weighted by Gasteiger charge is 2.03. The highest BCUT2D eigenvalue weighted by atomic mass is 15.1. The number of anilines is 6. The average molecular weight is 493 g/mol. The predicted octanol–water partition coefficient (Wildman–Crippen LogP) is 6.35. The molecule has 0 aromatic heterocycles. The van der Waals surface area contributed by atoms with Crippen LogP contribution in [0.25, 0.3) is 0 Å². The molecule has 0 amide bonds. The number of nitrogens with two attached hydrogens (primary N) is 3. The van der Waals surface area contributed by atoms with Gasteiger partial charge in [0.25, 0.3) is 0 Å². The molecule has 0 unspecified atom stereocenters. The van der Waals surface area contributed by atoms with Crippen molar-refractivity contribution in [3.8, 4) is 0 Å². The monoisotopic (exact) mass is 492 g/mol. The first kappa shape index (κ1) is 30.5. The van der Waals surface area contributed by atoms with Gasteiger partial charge < -0.3 is 31.9 Å². The van der Waals surface area contributed by atoms with Gasteiger partial charge in [0.1, 0.15) is 0 Å². The maximum absolute atomic E-state index is 5.66. The van der Waals surface area contributed by atoms with Gasteiger partial charge in [0, 0.05) is 74.4 Å². The van der Waals surface area contributed by atoms with Gasteiger partial charge in [0.05, 0.1) is 0 Å². The quantitative estimate of drug-likeness (QED) is 0.302. The molecular weight excluding hydrogens is 444 g/mol. The smallest absolute Gasteiger partial charge is 0.0367 e. The second-order valence-corrected chi connectivity index (χ2v) is 8.83. The van der Waals surface area contributed by atoms with Gasteiger partial charge in [-0.2, -0.15) is 0 Å². The van der Waals surface area contributed by atoms with Crippen LogP contribution < -0.4 is 31.9 Å². The molecule has 3 rings (SSSR count). The molecule has 0 bridgehead atoms. The van der Waals surface area contributed by atoms with E-state index in [9.17, 15) is 0 Å². The second kappa shape index (κ2) is 17.0. The Hall–Kier alpha value is -3.54. The molecule has 0 spiro atoms. The van der Waals surface area contributed by atoms with E-state index in [4.69, 9.17) is 17.2 Å². The van der Waals surface area contributed by atoms with Crippen molar-refractivity contribution in [2.75, 3.05) is 72.2 Å². The molecule has 0 heterocycles. The number of nitrogen functional groups attached to an aromatic ring is 3. The van der Waals surface area contributed by atoms with E-state index in [0.29, 0.717) is 0 Å². The first-order valence-corrected chi connectivity index (χ1v) is 13.0. The van der Waals surface area contributed by atoms with Crippen molar-refractivity contribution in [2.24, 2.45) is 0 Å². The highest BCUT2D eigenvalue weighted by Crippen LogP contribution is 2.17. The maximum Gasteiger partial charge on any atom is 0.0367 e. The average Bonchev–Trinajstić information content (AvgIpc) is 2.87. The lowest BCUT2D eigenvalue weighted by atomic mass is 10.2. The highest BCUT2D eigenvalue weighted by molar-refractivity contribution is 5.54. The molecular formula is C30H48N6. The molecule has 198 valence electrons. The molecule has 6 N–H and O–H groups in total. The van der Waals surface area contributed by atoms with Crippen LogP contribution in [0.5, 0.6) is 0 Å². The molecule has 6 heteroatoms. The Balaban J connectivity index is 0.000000274. The van der Waals surface area contributed by atoms with Crippen LogP contribution in [-0.2, 0) is 0 Å². The lowest BCUT2D eigenvalue weighted by Gasteiger charge is -2.23. The number of hydrogen-bond acceptors (Lipinski definition) is 6. The summed E-state index contributed by atoms with van der Waals surface area (Å²) in [5, 5.41) is 0. The largest absolute Gasteiger partial charge is 0.399 e. The van der Waals surface area contributed by atoms with Crippen LogP contribution in [-0.4, -0.2) is 40.3 Å². The Morgan fingerprint density at radius 1 is 0.472 bits per heavy atom. The van der Waals surface area contributed by atoms with E-state index in [-0.39, 0.29) is 0 Å². The summed E-state index contributed by atoms with van der Waals surface area (Å²) >= 11 is 0. The second-order valence-electron chi connectivity index (χ2n) is 8.83. The van der Waals surface area contributed by atoms with E-state index in [1.807, 2.05) is 67.5 Å². The van der Waals surface area contributed by atoms with Crippen molar-refractivity contribution in [1.29, 1.82) is 0 Å². The van der Waals surface area contributed by atoms with Gasteiger partial charge in [0.15, 0.2) is 0 Å². The summed E-state index contributed by atoms with van der Waals surface area (Å²) in [5.74, 6) is 0. The van der Waals surface area contributed by atoms with Crippen LogP contribution >= 0.6 is 0 Å². The van der Waals surface area contributed by atoms with Gasteiger partial charge in [-0.3, -0.25) is 0 Å². The third kappa shape index (κ3) is 11.3. The number of hydrogen-bond donors (Lipinski definition) is 3.